The number of rotatable bonds is 3. The molecule has 0 spiro atoms. The van der Waals surface area contributed by atoms with Gasteiger partial charge in [-0.15, -0.1) is 5.76 Å². The standard InChI is InChI=1S/C8H16O.Li/c1-4-5-7(2)6-8(3)9;/h6-7,9H,4-5H2,1-3H3;/q;+1/p-1/b8-6-;/t7-;/m0./s1. The summed E-state index contributed by atoms with van der Waals surface area (Å²) in [6.45, 7) is 5.81. The second kappa shape index (κ2) is 7.25. The van der Waals surface area contributed by atoms with Gasteiger partial charge in [-0.3, -0.25) is 0 Å². The Morgan fingerprint density at radius 3 is 2.40 bits per heavy atom. The second-order valence-electron chi connectivity index (χ2n) is 2.54. The van der Waals surface area contributed by atoms with Gasteiger partial charge < -0.3 is 5.11 Å². The van der Waals surface area contributed by atoms with Gasteiger partial charge in [0, 0.05) is 0 Å². The SMILES string of the molecule is CCC[C@H](C)/C=C(/C)[O-].[Li+]. The first kappa shape index (κ1) is 12.8. The Balaban J connectivity index is 0. The van der Waals surface area contributed by atoms with Gasteiger partial charge in [0.15, 0.2) is 0 Å². The van der Waals surface area contributed by atoms with Crippen molar-refractivity contribution in [1.29, 1.82) is 0 Å². The Kier molecular flexibility index (Phi) is 9.26. The van der Waals surface area contributed by atoms with Gasteiger partial charge in [0.2, 0.25) is 0 Å². The predicted octanol–water partition coefficient (Wildman–Crippen LogP) is -1.31. The number of hydrogen-bond donors (Lipinski definition) is 0. The van der Waals surface area contributed by atoms with Crippen molar-refractivity contribution in [2.45, 2.75) is 33.6 Å². The quantitative estimate of drug-likeness (QED) is 0.347. The zero-order valence-electron chi connectivity index (χ0n) is 7.48. The average molecular weight is 134 g/mol. The maximum atomic E-state index is 10.5. The summed E-state index contributed by atoms with van der Waals surface area (Å²) >= 11 is 0. The molecule has 1 nitrogen and oxygen atoms in total. The van der Waals surface area contributed by atoms with Crippen LogP contribution in [0.1, 0.15) is 33.6 Å². The van der Waals surface area contributed by atoms with Crippen molar-refractivity contribution < 1.29 is 24.0 Å². The summed E-state index contributed by atoms with van der Waals surface area (Å²) in [5.74, 6) is 0.656. The summed E-state index contributed by atoms with van der Waals surface area (Å²) in [5.41, 5.74) is 0. The van der Waals surface area contributed by atoms with E-state index in [9.17, 15) is 5.11 Å². The van der Waals surface area contributed by atoms with Gasteiger partial charge in [-0.05, 0) is 12.3 Å². The van der Waals surface area contributed by atoms with Crippen LogP contribution in [0.2, 0.25) is 0 Å². The summed E-state index contributed by atoms with van der Waals surface area (Å²) in [6, 6.07) is 0. The third kappa shape index (κ3) is 8.14. The van der Waals surface area contributed by atoms with Crippen LogP contribution in [0.15, 0.2) is 11.8 Å². The first-order chi connectivity index (χ1) is 4.16. The normalized spacial score (nSPS) is 14.1. The summed E-state index contributed by atoms with van der Waals surface area (Å²) in [5, 5.41) is 10.5. The van der Waals surface area contributed by atoms with Crippen LogP contribution in [0.3, 0.4) is 0 Å². The molecule has 10 heavy (non-hydrogen) atoms. The van der Waals surface area contributed by atoms with Crippen LogP contribution in [-0.4, -0.2) is 0 Å². The van der Waals surface area contributed by atoms with E-state index in [1.165, 1.54) is 0 Å². The van der Waals surface area contributed by atoms with Gasteiger partial charge in [0.1, 0.15) is 0 Å². The molecule has 0 aromatic carbocycles. The Morgan fingerprint density at radius 1 is 1.60 bits per heavy atom. The molecule has 0 aromatic heterocycles. The van der Waals surface area contributed by atoms with Crippen molar-refractivity contribution in [3.63, 3.8) is 0 Å². The Bertz CT molecular complexity index is 95.4. The summed E-state index contributed by atoms with van der Waals surface area (Å²) in [7, 11) is 0. The van der Waals surface area contributed by atoms with E-state index in [-0.39, 0.29) is 24.6 Å². The maximum Gasteiger partial charge on any atom is 1.00 e. The average Bonchev–Trinajstić information content (AvgIpc) is 1.63. The van der Waals surface area contributed by atoms with Crippen LogP contribution >= 0.6 is 0 Å². The molecule has 0 saturated carbocycles. The second-order valence-corrected chi connectivity index (χ2v) is 2.54. The molecule has 0 rings (SSSR count). The van der Waals surface area contributed by atoms with Crippen LogP contribution < -0.4 is 24.0 Å². The van der Waals surface area contributed by atoms with Crippen molar-refractivity contribution in [3.05, 3.63) is 11.8 Å². The Morgan fingerprint density at radius 2 is 2.10 bits per heavy atom. The molecule has 0 bridgehead atoms. The molecule has 0 saturated heterocycles. The fourth-order valence-corrected chi connectivity index (χ4v) is 0.939. The first-order valence-corrected chi connectivity index (χ1v) is 3.52. The largest absolute Gasteiger partial charge is 1.00 e. The van der Waals surface area contributed by atoms with E-state index in [1.807, 2.05) is 0 Å². The van der Waals surface area contributed by atoms with Crippen molar-refractivity contribution in [3.8, 4) is 0 Å². The van der Waals surface area contributed by atoms with Crippen LogP contribution in [0.5, 0.6) is 0 Å². The molecule has 0 unspecified atom stereocenters. The molecule has 1 atom stereocenters. The van der Waals surface area contributed by atoms with E-state index < -0.39 is 0 Å². The predicted molar refractivity (Wildman–Crippen MR) is 37.8 cm³/mol. The van der Waals surface area contributed by atoms with Crippen molar-refractivity contribution in [1.82, 2.24) is 0 Å². The number of hydrogen-bond acceptors (Lipinski definition) is 1. The van der Waals surface area contributed by atoms with Crippen molar-refractivity contribution in [2.75, 3.05) is 0 Å². The zero-order valence-corrected chi connectivity index (χ0v) is 7.48. The smallest absolute Gasteiger partial charge is 0.876 e. The van der Waals surface area contributed by atoms with Crippen molar-refractivity contribution in [2.24, 2.45) is 5.92 Å². The van der Waals surface area contributed by atoms with E-state index in [0.29, 0.717) is 5.92 Å². The Labute approximate surface area is 75.7 Å². The molecule has 0 fully saturated rings. The maximum absolute atomic E-state index is 10.5. The molecule has 54 valence electrons. The molecule has 0 N–H and O–H groups in total. The molecular weight excluding hydrogens is 119 g/mol. The zero-order chi connectivity index (χ0) is 7.28. The van der Waals surface area contributed by atoms with Gasteiger partial charge >= 0.3 is 18.9 Å². The molecule has 0 aliphatic heterocycles. The van der Waals surface area contributed by atoms with Gasteiger partial charge in [-0.1, -0.05) is 33.3 Å². The van der Waals surface area contributed by atoms with E-state index >= 15 is 0 Å². The summed E-state index contributed by atoms with van der Waals surface area (Å²) in [6.07, 6.45) is 4.06. The first-order valence-electron chi connectivity index (χ1n) is 3.52. The Hall–Kier alpha value is 0.137. The van der Waals surface area contributed by atoms with Crippen LogP contribution in [0.4, 0.5) is 0 Å². The van der Waals surface area contributed by atoms with Crippen molar-refractivity contribution >= 4 is 0 Å². The third-order valence-electron chi connectivity index (χ3n) is 1.26. The van der Waals surface area contributed by atoms with Gasteiger partial charge in [0.05, 0.1) is 0 Å². The van der Waals surface area contributed by atoms with E-state index in [2.05, 4.69) is 13.8 Å². The van der Waals surface area contributed by atoms with Crippen LogP contribution in [0, 0.1) is 5.92 Å². The monoisotopic (exact) mass is 134 g/mol. The fourth-order valence-electron chi connectivity index (χ4n) is 0.939. The van der Waals surface area contributed by atoms with E-state index in [1.54, 1.807) is 13.0 Å². The summed E-state index contributed by atoms with van der Waals surface area (Å²) in [4.78, 5) is 0. The summed E-state index contributed by atoms with van der Waals surface area (Å²) < 4.78 is 0. The van der Waals surface area contributed by atoms with E-state index in [0.717, 1.165) is 12.8 Å². The topological polar surface area (TPSA) is 23.1 Å². The van der Waals surface area contributed by atoms with Gasteiger partial charge in [0.25, 0.3) is 0 Å². The van der Waals surface area contributed by atoms with Crippen LogP contribution in [0.25, 0.3) is 0 Å². The van der Waals surface area contributed by atoms with Gasteiger partial charge in [-0.25, -0.2) is 0 Å². The minimum Gasteiger partial charge on any atom is -0.876 e. The molecule has 0 radical (unpaired) electrons. The molecule has 2 heteroatoms. The minimum absolute atomic E-state index is 0. The molecule has 0 heterocycles. The molecule has 0 aliphatic rings. The van der Waals surface area contributed by atoms with E-state index in [4.69, 9.17) is 0 Å². The molecule has 0 aromatic rings. The van der Waals surface area contributed by atoms with Gasteiger partial charge in [-0.2, -0.15) is 0 Å². The molecule has 0 amide bonds. The fraction of sp³-hybridized carbons (Fsp3) is 0.750. The third-order valence-corrected chi connectivity index (χ3v) is 1.26. The number of allylic oxidation sites excluding steroid dienone is 2. The van der Waals surface area contributed by atoms with Crippen LogP contribution in [-0.2, 0) is 0 Å². The molecular formula is C8H15LiO. The molecule has 0 aliphatic carbocycles. The minimum atomic E-state index is 0.